The van der Waals surface area contributed by atoms with Gasteiger partial charge in [-0.1, -0.05) is 20.1 Å². The molecule has 4 atom stereocenters. The van der Waals surface area contributed by atoms with Crippen molar-refractivity contribution in [2.24, 2.45) is 11.8 Å². The van der Waals surface area contributed by atoms with Crippen molar-refractivity contribution in [2.75, 3.05) is 0 Å². The summed E-state index contributed by atoms with van der Waals surface area (Å²) in [4.78, 5) is 16.1. The lowest BCUT2D eigenvalue weighted by molar-refractivity contribution is 0.0951. The predicted molar refractivity (Wildman–Crippen MR) is 68.5 cm³/mol. The molecule has 0 aromatic carbocycles. The highest BCUT2D eigenvalue weighted by atomic mass is 19.1. The van der Waals surface area contributed by atoms with Gasteiger partial charge in [0.25, 0.3) is 0 Å². The fourth-order valence-electron chi connectivity index (χ4n) is 2.61. The number of alkyl halides is 1. The lowest BCUT2D eigenvalue weighted by atomic mass is 10.1. The molecule has 0 bridgehead atoms. The third kappa shape index (κ3) is 1.90. The Morgan fingerprint density at radius 1 is 1.40 bits per heavy atom. The number of ketones is 1. The standard InChI is InChI=1S/C14H15F2N3O/c1-6-4-9(6)12(20)13-17-14-10(16)5-11(19(14)18-13)7(2)8(3)15/h6,9-11H,2-5H2,1H3/t6-,9-,10-,11-/m0/s1. The zero-order valence-corrected chi connectivity index (χ0v) is 11.1. The highest BCUT2D eigenvalue weighted by molar-refractivity contribution is 5.96. The second kappa shape index (κ2) is 4.33. The molecular weight excluding hydrogens is 264 g/mol. The molecule has 0 amide bonds. The molecule has 1 fully saturated rings. The lowest BCUT2D eigenvalue weighted by Crippen LogP contribution is -2.11. The van der Waals surface area contributed by atoms with Crippen molar-refractivity contribution in [1.82, 2.24) is 14.8 Å². The molecule has 0 saturated heterocycles. The van der Waals surface area contributed by atoms with E-state index in [4.69, 9.17) is 0 Å². The van der Waals surface area contributed by atoms with Crippen molar-refractivity contribution < 1.29 is 13.6 Å². The number of fused-ring (bicyclic) bond motifs is 1. The SMILES string of the molecule is C=C(F)C(=C)[C@@H]1C[C@H](F)c2nc(C(=O)[C@H]3C[C@@H]3C)nn21. The van der Waals surface area contributed by atoms with Gasteiger partial charge in [-0.2, -0.15) is 0 Å². The number of allylic oxidation sites excluding steroid dienone is 2. The molecule has 0 N–H and O–H groups in total. The summed E-state index contributed by atoms with van der Waals surface area (Å²) in [5, 5.41) is 4.07. The number of carbonyl (C=O) groups excluding carboxylic acids is 1. The van der Waals surface area contributed by atoms with E-state index in [1.54, 1.807) is 0 Å². The molecule has 106 valence electrons. The number of rotatable bonds is 4. The third-order valence-electron chi connectivity index (χ3n) is 4.08. The highest BCUT2D eigenvalue weighted by Gasteiger charge is 2.43. The van der Waals surface area contributed by atoms with Gasteiger partial charge < -0.3 is 0 Å². The van der Waals surface area contributed by atoms with Crippen molar-refractivity contribution >= 4 is 5.78 Å². The molecule has 1 aromatic heterocycles. The number of hydrogen-bond donors (Lipinski definition) is 0. The molecule has 3 rings (SSSR count). The average Bonchev–Trinajstić information content (AvgIpc) is 2.86. The van der Waals surface area contributed by atoms with E-state index in [9.17, 15) is 13.6 Å². The van der Waals surface area contributed by atoms with E-state index in [2.05, 4.69) is 23.2 Å². The minimum absolute atomic E-state index is 0.0268. The van der Waals surface area contributed by atoms with Crippen LogP contribution in [0, 0.1) is 11.8 Å². The molecule has 1 saturated carbocycles. The van der Waals surface area contributed by atoms with E-state index in [0.29, 0.717) is 5.92 Å². The largest absolute Gasteiger partial charge is 0.290 e. The van der Waals surface area contributed by atoms with Gasteiger partial charge in [0.1, 0.15) is 5.83 Å². The lowest BCUT2D eigenvalue weighted by Gasteiger charge is -2.12. The summed E-state index contributed by atoms with van der Waals surface area (Å²) in [7, 11) is 0. The monoisotopic (exact) mass is 279 g/mol. The number of carbonyl (C=O) groups is 1. The Kier molecular flexibility index (Phi) is 2.84. The first-order chi connectivity index (χ1) is 9.40. The topological polar surface area (TPSA) is 47.8 Å². The van der Waals surface area contributed by atoms with Crippen LogP contribution in [0.4, 0.5) is 8.78 Å². The molecule has 0 unspecified atom stereocenters. The van der Waals surface area contributed by atoms with Crippen LogP contribution in [0.25, 0.3) is 0 Å². The summed E-state index contributed by atoms with van der Waals surface area (Å²) in [5.74, 6) is -0.482. The molecule has 2 aliphatic rings. The van der Waals surface area contributed by atoms with Crippen LogP contribution in [0.5, 0.6) is 0 Å². The van der Waals surface area contributed by atoms with Gasteiger partial charge in [-0.05, 0) is 12.3 Å². The molecule has 0 spiro atoms. The van der Waals surface area contributed by atoms with Crippen LogP contribution in [0.3, 0.4) is 0 Å². The maximum Gasteiger partial charge on any atom is 0.217 e. The molecule has 1 aliphatic heterocycles. The van der Waals surface area contributed by atoms with Gasteiger partial charge >= 0.3 is 0 Å². The van der Waals surface area contributed by atoms with Gasteiger partial charge in [-0.25, -0.2) is 18.4 Å². The van der Waals surface area contributed by atoms with Gasteiger partial charge in [-0.15, -0.1) is 5.10 Å². The zero-order chi connectivity index (χ0) is 14.6. The maximum atomic E-state index is 13.9. The second-order valence-corrected chi connectivity index (χ2v) is 5.57. The Morgan fingerprint density at radius 3 is 2.60 bits per heavy atom. The minimum atomic E-state index is -1.36. The van der Waals surface area contributed by atoms with Crippen molar-refractivity contribution in [1.29, 1.82) is 0 Å². The van der Waals surface area contributed by atoms with E-state index < -0.39 is 18.0 Å². The first kappa shape index (κ1) is 13.1. The first-order valence-corrected chi connectivity index (χ1v) is 6.58. The Labute approximate surface area is 115 Å². The molecule has 4 nitrogen and oxygen atoms in total. The molecule has 6 heteroatoms. The van der Waals surface area contributed by atoms with Gasteiger partial charge in [0.2, 0.25) is 11.6 Å². The summed E-state index contributed by atoms with van der Waals surface area (Å²) in [6.45, 7) is 8.71. The number of halogens is 2. The fraction of sp³-hybridized carbons (Fsp3) is 0.500. The average molecular weight is 279 g/mol. The molecule has 1 aromatic rings. The van der Waals surface area contributed by atoms with E-state index in [-0.39, 0.29) is 35.3 Å². The van der Waals surface area contributed by atoms with Crippen LogP contribution in [-0.4, -0.2) is 20.5 Å². The van der Waals surface area contributed by atoms with Crippen LogP contribution < -0.4 is 0 Å². The smallest absolute Gasteiger partial charge is 0.217 e. The summed E-state index contributed by atoms with van der Waals surface area (Å²) >= 11 is 0. The normalized spacial score (nSPS) is 30.9. The molecule has 2 heterocycles. The van der Waals surface area contributed by atoms with Gasteiger partial charge in [0, 0.05) is 17.9 Å². The van der Waals surface area contributed by atoms with Crippen LogP contribution in [0.2, 0.25) is 0 Å². The Bertz CT molecular complexity index is 622. The Morgan fingerprint density at radius 2 is 2.05 bits per heavy atom. The van der Waals surface area contributed by atoms with Gasteiger partial charge in [0.05, 0.1) is 6.04 Å². The number of aromatic nitrogens is 3. The third-order valence-corrected chi connectivity index (χ3v) is 4.08. The van der Waals surface area contributed by atoms with Crippen LogP contribution >= 0.6 is 0 Å². The number of Topliss-reactive ketones (excluding diaryl/α,β-unsaturated/α-hetero) is 1. The summed E-state index contributed by atoms with van der Waals surface area (Å²) in [5.41, 5.74) is 0.0788. The van der Waals surface area contributed by atoms with E-state index in [0.717, 1.165) is 6.42 Å². The van der Waals surface area contributed by atoms with Crippen molar-refractivity contribution in [2.45, 2.75) is 32.0 Å². The minimum Gasteiger partial charge on any atom is -0.290 e. The summed E-state index contributed by atoms with van der Waals surface area (Å²) < 4.78 is 28.4. The second-order valence-electron chi connectivity index (χ2n) is 5.57. The molecule has 0 radical (unpaired) electrons. The molecular formula is C14H15F2N3O. The van der Waals surface area contributed by atoms with Crippen LogP contribution in [0.1, 0.15) is 48.4 Å². The van der Waals surface area contributed by atoms with E-state index in [1.165, 1.54) is 4.68 Å². The number of hydrogen-bond acceptors (Lipinski definition) is 3. The van der Waals surface area contributed by atoms with E-state index in [1.807, 2.05) is 6.92 Å². The van der Waals surface area contributed by atoms with Gasteiger partial charge in [-0.3, -0.25) is 4.79 Å². The van der Waals surface area contributed by atoms with E-state index >= 15 is 0 Å². The molecule has 20 heavy (non-hydrogen) atoms. The van der Waals surface area contributed by atoms with Crippen molar-refractivity contribution in [3.8, 4) is 0 Å². The highest BCUT2D eigenvalue weighted by Crippen LogP contribution is 2.43. The molecule has 1 aliphatic carbocycles. The maximum absolute atomic E-state index is 13.9. The van der Waals surface area contributed by atoms with Crippen LogP contribution in [0.15, 0.2) is 24.6 Å². The predicted octanol–water partition coefficient (Wildman–Crippen LogP) is 3.11. The zero-order valence-electron chi connectivity index (χ0n) is 11.1. The Balaban J connectivity index is 1.92. The van der Waals surface area contributed by atoms with Crippen LogP contribution in [-0.2, 0) is 0 Å². The van der Waals surface area contributed by atoms with Crippen molar-refractivity contribution in [3.05, 3.63) is 36.2 Å². The summed E-state index contributed by atoms with van der Waals surface area (Å²) in [6.07, 6.45) is -0.508. The van der Waals surface area contributed by atoms with Crippen molar-refractivity contribution in [3.63, 3.8) is 0 Å². The fourth-order valence-corrected chi connectivity index (χ4v) is 2.61. The Hall–Kier alpha value is -1.85. The first-order valence-electron chi connectivity index (χ1n) is 6.58. The number of nitrogens with zero attached hydrogens (tertiary/aromatic N) is 3. The quantitative estimate of drug-likeness (QED) is 0.628. The summed E-state index contributed by atoms with van der Waals surface area (Å²) in [6, 6.07) is -0.650. The van der Waals surface area contributed by atoms with Gasteiger partial charge in [0.15, 0.2) is 12.0 Å².